The monoisotopic (exact) mass is 1170 g/mol. The van der Waals surface area contributed by atoms with Crippen LogP contribution in [-0.2, 0) is 111 Å². The molecule has 0 aliphatic heterocycles. The van der Waals surface area contributed by atoms with E-state index in [4.69, 9.17) is 110 Å². The molecule has 0 saturated heterocycles. The zero-order chi connectivity index (χ0) is 57.2. The van der Waals surface area contributed by atoms with Crippen molar-refractivity contribution in [1.82, 2.24) is 15.0 Å². The lowest BCUT2D eigenvalue weighted by atomic mass is 10.1. The van der Waals surface area contributed by atoms with E-state index in [0.717, 1.165) is 5.69 Å². The summed E-state index contributed by atoms with van der Waals surface area (Å²) < 4.78 is 123. The summed E-state index contributed by atoms with van der Waals surface area (Å²) in [7, 11) is 0. The van der Waals surface area contributed by atoms with Gasteiger partial charge in [0.25, 0.3) is 0 Å². The first-order chi connectivity index (χ1) is 40.4. The third-order valence-corrected chi connectivity index (χ3v) is 10.3. The molecule has 0 unspecified atom stereocenters. The highest BCUT2D eigenvalue weighted by atomic mass is 16.6. The molecule has 81 heavy (non-hydrogen) atoms. The Morgan fingerprint density at radius 1 is 0.309 bits per heavy atom. The van der Waals surface area contributed by atoms with Crippen LogP contribution in [0.5, 0.6) is 0 Å². The topological polar surface area (TPSA) is 283 Å². The minimum atomic E-state index is 0.218. The third-order valence-electron chi connectivity index (χ3n) is 10.3. The number of hydrogen-bond acceptors (Lipinski definition) is 25. The SMILES string of the molecule is [N-]=[N+]=NCCOCCOCCOCCOCCOCCOCCOCCOCCOCCOCCOCCOCCOCCOCCOCCOCCOCCOCCOCCOCCOCCOCCn1cc(C2C=CC=C2)nn1. The normalized spacial score (nSPS) is 12.4. The Labute approximate surface area is 479 Å². The van der Waals surface area contributed by atoms with Crippen LogP contribution in [0.4, 0.5) is 0 Å². The lowest BCUT2D eigenvalue weighted by molar-refractivity contribution is -0.0317. The van der Waals surface area contributed by atoms with Crippen molar-refractivity contribution in [2.24, 2.45) is 5.11 Å². The first kappa shape index (κ1) is 74.2. The van der Waals surface area contributed by atoms with E-state index in [-0.39, 0.29) is 5.92 Å². The van der Waals surface area contributed by atoms with Gasteiger partial charge in [-0.3, -0.25) is 0 Å². The zero-order valence-corrected chi connectivity index (χ0v) is 48.2. The minimum Gasteiger partial charge on any atom is -0.379 e. The van der Waals surface area contributed by atoms with Gasteiger partial charge in [0, 0.05) is 23.6 Å². The Balaban J connectivity index is 1.09. The van der Waals surface area contributed by atoms with E-state index in [9.17, 15) is 0 Å². The molecule has 0 saturated carbocycles. The fraction of sp³-hybridized carbons (Fsp3) is 0.887. The molecule has 28 heteroatoms. The maximum Gasteiger partial charge on any atom is 0.0933 e. The van der Waals surface area contributed by atoms with E-state index in [1.807, 2.05) is 18.3 Å². The predicted molar refractivity (Wildman–Crippen MR) is 293 cm³/mol. The van der Waals surface area contributed by atoms with E-state index in [1.54, 1.807) is 4.68 Å². The van der Waals surface area contributed by atoms with Crippen LogP contribution >= 0.6 is 0 Å². The van der Waals surface area contributed by atoms with Gasteiger partial charge in [-0.15, -0.1) is 5.10 Å². The molecule has 1 aliphatic carbocycles. The summed E-state index contributed by atoms with van der Waals surface area (Å²) in [5.74, 6) is 0.218. The summed E-state index contributed by atoms with van der Waals surface area (Å²) in [4.78, 5) is 2.65. The average Bonchev–Trinajstić information content (AvgIpc) is 4.21. The molecule has 0 fully saturated rings. The van der Waals surface area contributed by atoms with E-state index in [0.29, 0.717) is 304 Å². The Morgan fingerprint density at radius 3 is 0.716 bits per heavy atom. The van der Waals surface area contributed by atoms with Crippen LogP contribution in [0, 0.1) is 0 Å². The molecule has 1 aromatic heterocycles. The van der Waals surface area contributed by atoms with Crippen LogP contribution in [0.25, 0.3) is 10.4 Å². The summed E-state index contributed by atoms with van der Waals surface area (Å²) in [5, 5.41) is 11.7. The first-order valence-corrected chi connectivity index (χ1v) is 28.4. The molecule has 0 radical (unpaired) electrons. The number of nitrogens with zero attached hydrogens (tertiary/aromatic N) is 6. The fourth-order valence-electron chi connectivity index (χ4n) is 6.23. The lowest BCUT2D eigenvalue weighted by Gasteiger charge is -2.09. The molecular weight excluding hydrogens is 1070 g/mol. The summed E-state index contributed by atoms with van der Waals surface area (Å²) in [6.07, 6.45) is 10.2. The molecule has 0 N–H and O–H groups in total. The number of azide groups is 1. The van der Waals surface area contributed by atoms with Gasteiger partial charge < -0.3 is 104 Å². The van der Waals surface area contributed by atoms with Gasteiger partial charge in [-0.1, -0.05) is 34.6 Å². The van der Waals surface area contributed by atoms with Crippen molar-refractivity contribution in [1.29, 1.82) is 0 Å². The quantitative estimate of drug-likeness (QED) is 0.0391. The summed E-state index contributed by atoms with van der Waals surface area (Å²) >= 11 is 0. The van der Waals surface area contributed by atoms with Crippen LogP contribution in [-0.4, -0.2) is 312 Å². The molecule has 1 aliphatic rings. The maximum atomic E-state index is 8.17. The molecule has 0 bridgehead atoms. The second-order valence-corrected chi connectivity index (χ2v) is 16.6. The number of ether oxygens (including phenoxy) is 22. The molecule has 0 amide bonds. The Hall–Kier alpha value is -2.95. The third kappa shape index (κ3) is 56.0. The molecule has 0 atom stereocenters. The minimum absolute atomic E-state index is 0.218. The van der Waals surface area contributed by atoms with Crippen molar-refractivity contribution in [3.05, 3.63) is 46.6 Å². The Morgan fingerprint density at radius 2 is 0.506 bits per heavy atom. The van der Waals surface area contributed by atoms with Crippen molar-refractivity contribution in [2.45, 2.75) is 12.5 Å². The number of allylic oxidation sites excluding steroid dienone is 4. The maximum absolute atomic E-state index is 8.17. The van der Waals surface area contributed by atoms with Gasteiger partial charge in [-0.2, -0.15) is 0 Å². The second kappa shape index (κ2) is 64.6. The molecular formula is C53H98N6O22. The summed E-state index contributed by atoms with van der Waals surface area (Å²) in [6, 6.07) is 0. The van der Waals surface area contributed by atoms with Crippen molar-refractivity contribution in [3.63, 3.8) is 0 Å². The van der Waals surface area contributed by atoms with Gasteiger partial charge in [-0.25, -0.2) is 4.68 Å². The molecule has 0 spiro atoms. The van der Waals surface area contributed by atoms with Crippen molar-refractivity contribution in [3.8, 4) is 0 Å². The zero-order valence-electron chi connectivity index (χ0n) is 48.2. The smallest absolute Gasteiger partial charge is 0.0933 e. The molecule has 0 aromatic carbocycles. The van der Waals surface area contributed by atoms with Gasteiger partial charge >= 0.3 is 0 Å². The first-order valence-electron chi connectivity index (χ1n) is 28.4. The summed E-state index contributed by atoms with van der Waals surface area (Å²) in [6.45, 7) is 22.3. The van der Waals surface area contributed by atoms with Gasteiger partial charge in [0.15, 0.2) is 0 Å². The van der Waals surface area contributed by atoms with Crippen LogP contribution < -0.4 is 0 Å². The second-order valence-electron chi connectivity index (χ2n) is 16.6. The highest BCUT2D eigenvalue weighted by Crippen LogP contribution is 2.20. The standard InChI is InChI=1S/C53H98N6O22/c54-57-55-5-7-60-9-11-62-13-15-64-17-19-66-21-23-68-25-27-70-29-31-72-33-35-74-37-39-76-41-43-78-45-47-80-49-50-81-48-46-79-44-42-77-40-38-75-36-34-73-32-30-71-28-26-69-24-22-67-20-18-65-16-14-63-12-10-61-8-6-59-51-53(56-58-59)52-3-1-2-4-52/h1-4,51-52H,5-50H2. The predicted octanol–water partition coefficient (Wildman–Crippen LogP) is 2.16. The molecule has 28 nitrogen and oxygen atoms in total. The van der Waals surface area contributed by atoms with E-state index in [1.165, 1.54) is 0 Å². The molecule has 1 aromatic rings. The van der Waals surface area contributed by atoms with Crippen LogP contribution in [0.3, 0.4) is 0 Å². The van der Waals surface area contributed by atoms with E-state index < -0.39 is 0 Å². The van der Waals surface area contributed by atoms with Crippen molar-refractivity contribution < 1.29 is 104 Å². The molecule has 1 heterocycles. The van der Waals surface area contributed by atoms with Crippen LogP contribution in [0.1, 0.15) is 11.6 Å². The number of rotatable bonds is 70. The highest BCUT2D eigenvalue weighted by Gasteiger charge is 2.11. The number of aromatic nitrogens is 3. The molecule has 2 rings (SSSR count). The van der Waals surface area contributed by atoms with Gasteiger partial charge in [0.05, 0.1) is 303 Å². The Bertz CT molecular complexity index is 1510. The van der Waals surface area contributed by atoms with Crippen LogP contribution in [0.15, 0.2) is 35.6 Å². The van der Waals surface area contributed by atoms with Gasteiger partial charge in [0.2, 0.25) is 0 Å². The van der Waals surface area contributed by atoms with E-state index >= 15 is 0 Å². The average molecular weight is 1170 g/mol. The van der Waals surface area contributed by atoms with Crippen LogP contribution in [0.2, 0.25) is 0 Å². The molecule has 472 valence electrons. The highest BCUT2D eigenvalue weighted by molar-refractivity contribution is 5.28. The number of hydrogen-bond donors (Lipinski definition) is 0. The Kier molecular flexibility index (Phi) is 59.1. The van der Waals surface area contributed by atoms with Crippen molar-refractivity contribution >= 4 is 0 Å². The van der Waals surface area contributed by atoms with Gasteiger partial charge in [0.1, 0.15) is 0 Å². The van der Waals surface area contributed by atoms with E-state index in [2.05, 4.69) is 32.5 Å². The van der Waals surface area contributed by atoms with Crippen molar-refractivity contribution in [2.75, 3.05) is 297 Å². The summed E-state index contributed by atoms with van der Waals surface area (Å²) in [5.41, 5.74) is 9.11. The van der Waals surface area contributed by atoms with Gasteiger partial charge in [-0.05, 0) is 5.53 Å². The largest absolute Gasteiger partial charge is 0.379 e. The fourth-order valence-corrected chi connectivity index (χ4v) is 6.23. The lowest BCUT2D eigenvalue weighted by Crippen LogP contribution is -2.16.